The molecule has 2 aromatic heterocycles. The molecule has 0 saturated carbocycles. The van der Waals surface area contributed by atoms with Crippen LogP contribution >= 0.6 is 0 Å². The molecule has 0 aliphatic heterocycles. The third kappa shape index (κ3) is 2.48. The van der Waals surface area contributed by atoms with Crippen molar-refractivity contribution in [3.05, 3.63) is 59.3 Å². The fraction of sp³-hybridized carbons (Fsp3) is 0.200. The number of benzene rings is 1. The molecule has 2 heterocycles. The van der Waals surface area contributed by atoms with Gasteiger partial charge in [-0.05, 0) is 35.7 Å². The van der Waals surface area contributed by atoms with Crippen LogP contribution in [0, 0.1) is 6.92 Å². The van der Waals surface area contributed by atoms with Gasteiger partial charge >= 0.3 is 0 Å². The summed E-state index contributed by atoms with van der Waals surface area (Å²) in [6, 6.07) is 12.1. The van der Waals surface area contributed by atoms with Crippen LogP contribution in [0.5, 0.6) is 0 Å². The molecule has 0 fully saturated rings. The standard InChI is InChI=1S/C15H17N5/c1-11-6-7-20-14(8-11)18-15(19-20)17-10-13-5-3-2-4-12(13)9-16/h2-8H,9-10,16H2,1H3,(H,17,19). The highest BCUT2D eigenvalue weighted by atomic mass is 15.3. The minimum atomic E-state index is 0.537. The molecular weight excluding hydrogens is 250 g/mol. The summed E-state index contributed by atoms with van der Waals surface area (Å²) in [7, 11) is 0. The van der Waals surface area contributed by atoms with Gasteiger partial charge in [0.05, 0.1) is 0 Å². The number of fused-ring (bicyclic) bond motifs is 1. The van der Waals surface area contributed by atoms with E-state index >= 15 is 0 Å². The lowest BCUT2D eigenvalue weighted by atomic mass is 10.1. The number of rotatable bonds is 4. The highest BCUT2D eigenvalue weighted by Crippen LogP contribution is 2.11. The van der Waals surface area contributed by atoms with Crippen LogP contribution in [0.15, 0.2) is 42.6 Å². The number of nitrogens with zero attached hydrogens (tertiary/aromatic N) is 3. The van der Waals surface area contributed by atoms with Gasteiger partial charge < -0.3 is 11.1 Å². The zero-order valence-corrected chi connectivity index (χ0v) is 11.4. The number of pyridine rings is 1. The molecule has 5 nitrogen and oxygen atoms in total. The number of hydrogen-bond donors (Lipinski definition) is 2. The highest BCUT2D eigenvalue weighted by Gasteiger charge is 2.04. The van der Waals surface area contributed by atoms with Crippen molar-refractivity contribution in [1.82, 2.24) is 14.6 Å². The van der Waals surface area contributed by atoms with Crippen LogP contribution in [-0.4, -0.2) is 14.6 Å². The summed E-state index contributed by atoms with van der Waals surface area (Å²) >= 11 is 0. The van der Waals surface area contributed by atoms with Crippen LogP contribution in [0.4, 0.5) is 5.95 Å². The normalized spacial score (nSPS) is 10.9. The van der Waals surface area contributed by atoms with Crippen LogP contribution in [0.3, 0.4) is 0 Å². The van der Waals surface area contributed by atoms with E-state index < -0.39 is 0 Å². The van der Waals surface area contributed by atoms with Crippen molar-refractivity contribution in [3.63, 3.8) is 0 Å². The van der Waals surface area contributed by atoms with Gasteiger partial charge in [-0.15, -0.1) is 5.10 Å². The van der Waals surface area contributed by atoms with Gasteiger partial charge in [0.25, 0.3) is 0 Å². The maximum Gasteiger partial charge on any atom is 0.243 e. The van der Waals surface area contributed by atoms with E-state index in [0.717, 1.165) is 11.2 Å². The second-order valence-corrected chi connectivity index (χ2v) is 4.77. The van der Waals surface area contributed by atoms with Crippen molar-refractivity contribution in [2.24, 2.45) is 5.73 Å². The molecular formula is C15H17N5. The molecule has 20 heavy (non-hydrogen) atoms. The zero-order valence-electron chi connectivity index (χ0n) is 11.4. The SMILES string of the molecule is Cc1ccn2nc(NCc3ccccc3CN)nc2c1. The third-order valence-corrected chi connectivity index (χ3v) is 3.27. The van der Waals surface area contributed by atoms with Gasteiger partial charge in [0, 0.05) is 19.3 Å². The smallest absolute Gasteiger partial charge is 0.243 e. The highest BCUT2D eigenvalue weighted by molar-refractivity contribution is 5.45. The molecule has 102 valence electrons. The molecule has 3 aromatic rings. The summed E-state index contributed by atoms with van der Waals surface area (Å²) in [5.74, 6) is 0.627. The Bertz CT molecular complexity index is 732. The summed E-state index contributed by atoms with van der Waals surface area (Å²) < 4.78 is 1.77. The van der Waals surface area contributed by atoms with Gasteiger partial charge in [0.15, 0.2) is 5.65 Å². The average molecular weight is 267 g/mol. The number of aromatic nitrogens is 3. The molecule has 0 aliphatic rings. The molecule has 0 saturated heterocycles. The van der Waals surface area contributed by atoms with Gasteiger partial charge in [-0.2, -0.15) is 4.98 Å². The molecule has 0 aliphatic carbocycles. The van der Waals surface area contributed by atoms with Gasteiger partial charge in [0.1, 0.15) is 0 Å². The number of nitrogens with one attached hydrogen (secondary N) is 1. The number of anilines is 1. The Labute approximate surface area is 117 Å². The Hall–Kier alpha value is -2.40. The topological polar surface area (TPSA) is 68.2 Å². The van der Waals surface area contributed by atoms with Gasteiger partial charge in [-0.25, -0.2) is 4.52 Å². The maximum absolute atomic E-state index is 5.73. The van der Waals surface area contributed by atoms with Gasteiger partial charge in [-0.3, -0.25) is 0 Å². The summed E-state index contributed by atoms with van der Waals surface area (Å²) in [5.41, 5.74) is 10.1. The Morgan fingerprint density at radius 2 is 2.00 bits per heavy atom. The minimum absolute atomic E-state index is 0.537. The first-order valence-electron chi connectivity index (χ1n) is 6.60. The number of hydrogen-bond acceptors (Lipinski definition) is 4. The summed E-state index contributed by atoms with van der Waals surface area (Å²) in [6.07, 6.45) is 1.91. The Balaban J connectivity index is 1.79. The van der Waals surface area contributed by atoms with E-state index in [2.05, 4.69) is 21.5 Å². The Morgan fingerprint density at radius 3 is 2.80 bits per heavy atom. The number of aryl methyl sites for hydroxylation is 1. The maximum atomic E-state index is 5.73. The molecule has 0 spiro atoms. The predicted octanol–water partition coefficient (Wildman–Crippen LogP) is 2.11. The van der Waals surface area contributed by atoms with Crippen molar-refractivity contribution in [1.29, 1.82) is 0 Å². The molecule has 3 rings (SSSR count). The molecule has 0 bridgehead atoms. The molecule has 3 N–H and O–H groups in total. The number of nitrogens with two attached hydrogens (primary N) is 1. The van der Waals surface area contributed by atoms with Gasteiger partial charge in [-0.1, -0.05) is 24.3 Å². The minimum Gasteiger partial charge on any atom is -0.349 e. The van der Waals surface area contributed by atoms with Crippen molar-refractivity contribution < 1.29 is 0 Å². The molecule has 0 amide bonds. The second-order valence-electron chi connectivity index (χ2n) is 4.77. The van der Waals surface area contributed by atoms with Crippen molar-refractivity contribution in [2.45, 2.75) is 20.0 Å². The van der Waals surface area contributed by atoms with E-state index in [9.17, 15) is 0 Å². The fourth-order valence-corrected chi connectivity index (χ4v) is 2.16. The second kappa shape index (κ2) is 5.30. The van der Waals surface area contributed by atoms with Gasteiger partial charge in [0.2, 0.25) is 5.95 Å². The average Bonchev–Trinajstić information content (AvgIpc) is 2.87. The van der Waals surface area contributed by atoms with E-state index in [-0.39, 0.29) is 0 Å². The van der Waals surface area contributed by atoms with E-state index in [1.807, 2.05) is 43.5 Å². The predicted molar refractivity (Wildman–Crippen MR) is 79.4 cm³/mol. The quantitative estimate of drug-likeness (QED) is 0.759. The Kier molecular flexibility index (Phi) is 3.35. The van der Waals surface area contributed by atoms with Crippen LogP contribution in [0.2, 0.25) is 0 Å². The van der Waals surface area contributed by atoms with E-state index in [1.54, 1.807) is 4.52 Å². The van der Waals surface area contributed by atoms with Crippen molar-refractivity contribution in [3.8, 4) is 0 Å². The van der Waals surface area contributed by atoms with Crippen molar-refractivity contribution in [2.75, 3.05) is 5.32 Å². The van der Waals surface area contributed by atoms with Crippen LogP contribution in [0.25, 0.3) is 5.65 Å². The third-order valence-electron chi connectivity index (χ3n) is 3.27. The van der Waals surface area contributed by atoms with E-state index in [1.165, 1.54) is 11.1 Å². The largest absolute Gasteiger partial charge is 0.349 e. The molecule has 0 unspecified atom stereocenters. The van der Waals surface area contributed by atoms with E-state index in [4.69, 9.17) is 5.73 Å². The lowest BCUT2D eigenvalue weighted by Crippen LogP contribution is -2.07. The first-order valence-corrected chi connectivity index (χ1v) is 6.60. The van der Waals surface area contributed by atoms with Crippen molar-refractivity contribution >= 4 is 11.6 Å². The zero-order chi connectivity index (χ0) is 13.9. The molecule has 1 aromatic carbocycles. The molecule has 5 heteroatoms. The first-order chi connectivity index (χ1) is 9.76. The van der Waals surface area contributed by atoms with Crippen LogP contribution in [-0.2, 0) is 13.1 Å². The van der Waals surface area contributed by atoms with Crippen LogP contribution in [0.1, 0.15) is 16.7 Å². The summed E-state index contributed by atoms with van der Waals surface area (Å²) in [6.45, 7) is 3.25. The van der Waals surface area contributed by atoms with E-state index in [0.29, 0.717) is 19.0 Å². The van der Waals surface area contributed by atoms with Crippen LogP contribution < -0.4 is 11.1 Å². The lowest BCUT2D eigenvalue weighted by molar-refractivity contribution is 0.940. The molecule has 0 radical (unpaired) electrons. The fourth-order valence-electron chi connectivity index (χ4n) is 2.16. The summed E-state index contributed by atoms with van der Waals surface area (Å²) in [4.78, 5) is 4.45. The monoisotopic (exact) mass is 267 g/mol. The Morgan fingerprint density at radius 1 is 1.20 bits per heavy atom. The summed E-state index contributed by atoms with van der Waals surface area (Å²) in [5, 5.41) is 7.63. The molecule has 0 atom stereocenters. The first kappa shape index (κ1) is 12.6. The lowest BCUT2D eigenvalue weighted by Gasteiger charge is -2.07.